The van der Waals surface area contributed by atoms with E-state index in [2.05, 4.69) is 15.6 Å². The summed E-state index contributed by atoms with van der Waals surface area (Å²) in [5.41, 5.74) is 2.08. The second kappa shape index (κ2) is 9.84. The minimum absolute atomic E-state index is 0.225. The highest BCUT2D eigenvalue weighted by molar-refractivity contribution is 7.89. The Labute approximate surface area is 182 Å². The van der Waals surface area contributed by atoms with Gasteiger partial charge in [-0.2, -0.15) is 4.31 Å². The van der Waals surface area contributed by atoms with Crippen molar-refractivity contribution in [1.29, 1.82) is 0 Å². The number of hydrogen-bond acceptors (Lipinski definition) is 5. The molecule has 1 heterocycles. The Morgan fingerprint density at radius 1 is 1.06 bits per heavy atom. The standard InChI is InChI=1S/C22H27N5O3S/c1-4-27(5-2)31(29,30)20-13-11-19(12-14-20)17(3)23-22(28)21-16-26(25-24-21)15-18-9-7-6-8-10-18/h6-14,16-17H,4-5,15H2,1-3H3,(H,23,28). The van der Waals surface area contributed by atoms with E-state index in [0.29, 0.717) is 19.6 Å². The van der Waals surface area contributed by atoms with Crippen molar-refractivity contribution in [1.82, 2.24) is 24.6 Å². The highest BCUT2D eigenvalue weighted by Gasteiger charge is 2.22. The number of nitrogens with zero attached hydrogens (tertiary/aromatic N) is 4. The second-order valence-corrected chi connectivity index (χ2v) is 9.08. The van der Waals surface area contributed by atoms with Crippen LogP contribution in [0.1, 0.15) is 48.4 Å². The van der Waals surface area contributed by atoms with E-state index in [-0.39, 0.29) is 22.5 Å². The molecule has 1 atom stereocenters. The monoisotopic (exact) mass is 441 g/mol. The van der Waals surface area contributed by atoms with Crippen molar-refractivity contribution in [3.8, 4) is 0 Å². The molecule has 31 heavy (non-hydrogen) atoms. The molecule has 0 aliphatic carbocycles. The van der Waals surface area contributed by atoms with Crippen molar-refractivity contribution < 1.29 is 13.2 Å². The molecular formula is C22H27N5O3S. The molecule has 0 spiro atoms. The maximum Gasteiger partial charge on any atom is 0.273 e. The Morgan fingerprint density at radius 2 is 1.71 bits per heavy atom. The molecule has 3 aromatic rings. The number of sulfonamides is 1. The fraction of sp³-hybridized carbons (Fsp3) is 0.318. The zero-order valence-corrected chi connectivity index (χ0v) is 18.7. The Bertz CT molecular complexity index is 1110. The van der Waals surface area contributed by atoms with Gasteiger partial charge in [0.1, 0.15) is 0 Å². The molecule has 8 nitrogen and oxygen atoms in total. The van der Waals surface area contributed by atoms with Crippen LogP contribution in [0.2, 0.25) is 0 Å². The predicted molar refractivity (Wildman–Crippen MR) is 118 cm³/mol. The fourth-order valence-corrected chi connectivity index (χ4v) is 4.70. The zero-order chi connectivity index (χ0) is 22.4. The van der Waals surface area contributed by atoms with Gasteiger partial charge in [0.2, 0.25) is 10.0 Å². The van der Waals surface area contributed by atoms with E-state index in [1.807, 2.05) is 51.1 Å². The first kappa shape index (κ1) is 22.6. The molecule has 0 bridgehead atoms. The van der Waals surface area contributed by atoms with Gasteiger partial charge in [0.15, 0.2) is 5.69 Å². The third kappa shape index (κ3) is 5.36. The smallest absolute Gasteiger partial charge is 0.273 e. The highest BCUT2D eigenvalue weighted by Crippen LogP contribution is 2.19. The lowest BCUT2D eigenvalue weighted by Gasteiger charge is -2.19. The third-order valence-electron chi connectivity index (χ3n) is 5.03. The molecule has 164 valence electrons. The quantitative estimate of drug-likeness (QED) is 0.551. The number of carbonyl (C=O) groups is 1. The minimum Gasteiger partial charge on any atom is -0.344 e. The van der Waals surface area contributed by atoms with Crippen LogP contribution in [0.4, 0.5) is 0 Å². The van der Waals surface area contributed by atoms with Crippen LogP contribution in [-0.4, -0.2) is 46.7 Å². The van der Waals surface area contributed by atoms with Crippen LogP contribution in [0.25, 0.3) is 0 Å². The Kier molecular flexibility index (Phi) is 7.19. The van der Waals surface area contributed by atoms with Gasteiger partial charge in [-0.25, -0.2) is 13.1 Å². The molecule has 0 fully saturated rings. The molecule has 1 amide bonds. The van der Waals surface area contributed by atoms with Crippen LogP contribution in [0.15, 0.2) is 65.7 Å². The van der Waals surface area contributed by atoms with Gasteiger partial charge in [-0.05, 0) is 30.2 Å². The van der Waals surface area contributed by atoms with Gasteiger partial charge in [0, 0.05) is 13.1 Å². The predicted octanol–water partition coefficient (Wildman–Crippen LogP) is 2.85. The Balaban J connectivity index is 1.65. The van der Waals surface area contributed by atoms with E-state index >= 15 is 0 Å². The van der Waals surface area contributed by atoms with Crippen LogP contribution in [0.5, 0.6) is 0 Å². The van der Waals surface area contributed by atoms with Crippen molar-refractivity contribution in [3.63, 3.8) is 0 Å². The van der Waals surface area contributed by atoms with Crippen molar-refractivity contribution in [2.75, 3.05) is 13.1 Å². The first-order chi connectivity index (χ1) is 14.8. The zero-order valence-electron chi connectivity index (χ0n) is 17.9. The fourth-order valence-electron chi connectivity index (χ4n) is 3.25. The second-order valence-electron chi connectivity index (χ2n) is 7.14. The molecule has 2 aromatic carbocycles. The molecule has 0 radical (unpaired) electrons. The summed E-state index contributed by atoms with van der Waals surface area (Å²) in [7, 11) is -3.51. The van der Waals surface area contributed by atoms with Crippen LogP contribution < -0.4 is 5.32 Å². The Morgan fingerprint density at radius 3 is 2.32 bits per heavy atom. The van der Waals surface area contributed by atoms with Gasteiger partial charge < -0.3 is 5.32 Å². The number of hydrogen-bond donors (Lipinski definition) is 1. The van der Waals surface area contributed by atoms with E-state index in [0.717, 1.165) is 11.1 Å². The molecule has 0 aliphatic heterocycles. The summed E-state index contributed by atoms with van der Waals surface area (Å²) in [6.07, 6.45) is 1.61. The minimum atomic E-state index is -3.51. The molecule has 0 saturated carbocycles. The van der Waals surface area contributed by atoms with E-state index in [9.17, 15) is 13.2 Å². The summed E-state index contributed by atoms with van der Waals surface area (Å²) in [5, 5.41) is 10.9. The Hall–Kier alpha value is -3.04. The molecular weight excluding hydrogens is 414 g/mol. The van der Waals surface area contributed by atoms with Crippen LogP contribution in [-0.2, 0) is 16.6 Å². The van der Waals surface area contributed by atoms with Gasteiger partial charge in [-0.1, -0.05) is 61.5 Å². The van der Waals surface area contributed by atoms with Crippen molar-refractivity contribution >= 4 is 15.9 Å². The molecule has 1 aromatic heterocycles. The third-order valence-corrected chi connectivity index (χ3v) is 7.09. The normalized spacial score (nSPS) is 12.6. The van der Waals surface area contributed by atoms with E-state index in [4.69, 9.17) is 0 Å². The molecule has 1 N–H and O–H groups in total. The molecule has 3 rings (SSSR count). The van der Waals surface area contributed by atoms with Gasteiger partial charge in [-0.15, -0.1) is 5.10 Å². The van der Waals surface area contributed by atoms with Crippen molar-refractivity contribution in [2.24, 2.45) is 0 Å². The average molecular weight is 442 g/mol. The summed E-state index contributed by atoms with van der Waals surface area (Å²) in [6, 6.07) is 16.0. The number of benzene rings is 2. The van der Waals surface area contributed by atoms with Gasteiger partial charge in [0.05, 0.1) is 23.7 Å². The number of nitrogens with one attached hydrogen (secondary N) is 1. The van der Waals surface area contributed by atoms with Crippen LogP contribution in [0.3, 0.4) is 0 Å². The average Bonchev–Trinajstić information content (AvgIpc) is 3.24. The molecule has 1 unspecified atom stereocenters. The maximum atomic E-state index is 12.6. The van der Waals surface area contributed by atoms with Crippen LogP contribution >= 0.6 is 0 Å². The van der Waals surface area contributed by atoms with E-state index in [1.165, 1.54) is 4.31 Å². The van der Waals surface area contributed by atoms with Gasteiger partial charge in [-0.3, -0.25) is 4.79 Å². The van der Waals surface area contributed by atoms with Crippen LogP contribution in [0, 0.1) is 0 Å². The number of aromatic nitrogens is 3. The van der Waals surface area contributed by atoms with Crippen molar-refractivity contribution in [3.05, 3.63) is 77.6 Å². The first-order valence-electron chi connectivity index (χ1n) is 10.2. The summed E-state index contributed by atoms with van der Waals surface area (Å²) >= 11 is 0. The SMILES string of the molecule is CCN(CC)S(=O)(=O)c1ccc(C(C)NC(=O)c2cn(Cc3ccccc3)nn2)cc1. The lowest BCUT2D eigenvalue weighted by atomic mass is 10.1. The maximum absolute atomic E-state index is 12.6. The molecule has 0 aliphatic rings. The molecule has 0 saturated heterocycles. The number of amides is 1. The lowest BCUT2D eigenvalue weighted by Crippen LogP contribution is -2.30. The van der Waals surface area contributed by atoms with Gasteiger partial charge in [0.25, 0.3) is 5.91 Å². The highest BCUT2D eigenvalue weighted by atomic mass is 32.2. The largest absolute Gasteiger partial charge is 0.344 e. The number of rotatable bonds is 9. The van der Waals surface area contributed by atoms with Gasteiger partial charge >= 0.3 is 0 Å². The van der Waals surface area contributed by atoms with Crippen molar-refractivity contribution in [2.45, 2.75) is 38.3 Å². The summed E-state index contributed by atoms with van der Waals surface area (Å²) in [6.45, 7) is 6.81. The number of carbonyl (C=O) groups excluding carboxylic acids is 1. The summed E-state index contributed by atoms with van der Waals surface area (Å²) in [5.74, 6) is -0.341. The summed E-state index contributed by atoms with van der Waals surface area (Å²) in [4.78, 5) is 12.8. The summed E-state index contributed by atoms with van der Waals surface area (Å²) < 4.78 is 28.2. The molecule has 9 heteroatoms. The van der Waals surface area contributed by atoms with E-state index < -0.39 is 10.0 Å². The first-order valence-corrected chi connectivity index (χ1v) is 11.6. The topological polar surface area (TPSA) is 97.2 Å². The van der Waals surface area contributed by atoms with E-state index in [1.54, 1.807) is 35.1 Å². The lowest BCUT2D eigenvalue weighted by molar-refractivity contribution is 0.0934.